The number of carbonyl (C=O) groups excluding carboxylic acids is 1. The van der Waals surface area contributed by atoms with E-state index in [1.54, 1.807) is 49.6 Å². The predicted octanol–water partition coefficient (Wildman–Crippen LogP) is 4.09. The second kappa shape index (κ2) is 7.40. The van der Waals surface area contributed by atoms with Crippen molar-refractivity contribution in [1.29, 1.82) is 0 Å². The zero-order valence-corrected chi connectivity index (χ0v) is 14.5. The van der Waals surface area contributed by atoms with Crippen LogP contribution in [0, 0.1) is 0 Å². The van der Waals surface area contributed by atoms with Crippen molar-refractivity contribution >= 4 is 29.5 Å². The summed E-state index contributed by atoms with van der Waals surface area (Å²) in [5.74, 6) is 0.949. The summed E-state index contributed by atoms with van der Waals surface area (Å²) < 4.78 is 16.0. The minimum absolute atomic E-state index is 0.209. The number of carbonyl (C=O) groups is 1. The van der Waals surface area contributed by atoms with Gasteiger partial charge in [0.2, 0.25) is 5.90 Å². The average Bonchev–Trinajstić information content (AvgIpc) is 2.97. The number of esters is 1. The van der Waals surface area contributed by atoms with E-state index < -0.39 is 5.97 Å². The van der Waals surface area contributed by atoms with Crippen LogP contribution in [-0.4, -0.2) is 25.6 Å². The number of benzene rings is 2. The second-order valence-corrected chi connectivity index (χ2v) is 5.63. The van der Waals surface area contributed by atoms with Gasteiger partial charge in [-0.3, -0.25) is 0 Å². The molecule has 2 aromatic rings. The lowest BCUT2D eigenvalue weighted by Gasteiger charge is -2.09. The Hall–Kier alpha value is -2.79. The van der Waals surface area contributed by atoms with E-state index in [1.807, 2.05) is 13.0 Å². The van der Waals surface area contributed by atoms with Crippen LogP contribution in [0.15, 0.2) is 53.2 Å². The fraction of sp³-hybridized carbons (Fsp3) is 0.158. The number of rotatable bonds is 5. The molecule has 5 nitrogen and oxygen atoms in total. The SMILES string of the molecule is CCOc1ccc(/C=C2\N=C(c3cccc(Cl)c3)OC2=O)cc1OC. The first-order valence-electron chi connectivity index (χ1n) is 7.70. The van der Waals surface area contributed by atoms with Crippen LogP contribution in [0.2, 0.25) is 5.02 Å². The van der Waals surface area contributed by atoms with Gasteiger partial charge in [-0.1, -0.05) is 23.7 Å². The van der Waals surface area contributed by atoms with Gasteiger partial charge in [-0.15, -0.1) is 0 Å². The predicted molar refractivity (Wildman–Crippen MR) is 96.2 cm³/mol. The molecule has 0 bridgehead atoms. The molecule has 0 spiro atoms. The molecule has 2 aromatic carbocycles. The Labute approximate surface area is 150 Å². The quantitative estimate of drug-likeness (QED) is 0.597. The Kier molecular flexibility index (Phi) is 5.05. The van der Waals surface area contributed by atoms with Gasteiger partial charge in [-0.05, 0) is 48.9 Å². The molecule has 128 valence electrons. The molecular weight excluding hydrogens is 342 g/mol. The van der Waals surface area contributed by atoms with E-state index in [2.05, 4.69) is 4.99 Å². The second-order valence-electron chi connectivity index (χ2n) is 5.19. The van der Waals surface area contributed by atoms with Crippen LogP contribution in [-0.2, 0) is 9.53 Å². The van der Waals surface area contributed by atoms with Crippen molar-refractivity contribution in [3.8, 4) is 11.5 Å². The van der Waals surface area contributed by atoms with E-state index >= 15 is 0 Å². The molecule has 1 aliphatic heterocycles. The van der Waals surface area contributed by atoms with Gasteiger partial charge in [0.05, 0.1) is 13.7 Å². The minimum Gasteiger partial charge on any atom is -0.493 e. The molecule has 0 saturated carbocycles. The summed E-state index contributed by atoms with van der Waals surface area (Å²) >= 11 is 5.96. The lowest BCUT2D eigenvalue weighted by molar-refractivity contribution is -0.129. The number of halogens is 1. The molecule has 1 aliphatic rings. The summed E-state index contributed by atoms with van der Waals surface area (Å²) in [4.78, 5) is 16.3. The molecule has 0 saturated heterocycles. The minimum atomic E-state index is -0.511. The average molecular weight is 358 g/mol. The first-order valence-corrected chi connectivity index (χ1v) is 8.08. The van der Waals surface area contributed by atoms with Gasteiger partial charge in [0.25, 0.3) is 0 Å². The standard InChI is InChI=1S/C19H16ClNO4/c1-3-24-16-8-7-12(10-17(16)23-2)9-15-19(22)25-18(21-15)13-5-4-6-14(20)11-13/h4-11H,3H2,1-2H3/b15-9-. The van der Waals surface area contributed by atoms with Crippen LogP contribution in [0.1, 0.15) is 18.1 Å². The van der Waals surface area contributed by atoms with E-state index in [9.17, 15) is 4.79 Å². The van der Waals surface area contributed by atoms with E-state index in [0.717, 1.165) is 5.56 Å². The monoisotopic (exact) mass is 357 g/mol. The number of hydrogen-bond donors (Lipinski definition) is 0. The van der Waals surface area contributed by atoms with Crippen LogP contribution < -0.4 is 9.47 Å². The molecule has 0 fully saturated rings. The number of cyclic esters (lactones) is 1. The maximum Gasteiger partial charge on any atom is 0.363 e. The highest BCUT2D eigenvalue weighted by Gasteiger charge is 2.24. The lowest BCUT2D eigenvalue weighted by atomic mass is 10.1. The first-order chi connectivity index (χ1) is 12.1. The highest BCUT2D eigenvalue weighted by atomic mass is 35.5. The molecule has 0 unspecified atom stereocenters. The van der Waals surface area contributed by atoms with E-state index in [4.69, 9.17) is 25.8 Å². The number of methoxy groups -OCH3 is 1. The zero-order chi connectivity index (χ0) is 17.8. The highest BCUT2D eigenvalue weighted by Crippen LogP contribution is 2.29. The third-order valence-electron chi connectivity index (χ3n) is 3.48. The Bertz CT molecular complexity index is 873. The topological polar surface area (TPSA) is 57.1 Å². The number of hydrogen-bond acceptors (Lipinski definition) is 5. The molecule has 0 radical (unpaired) electrons. The summed E-state index contributed by atoms with van der Waals surface area (Å²) in [6.07, 6.45) is 1.64. The van der Waals surface area contributed by atoms with Gasteiger partial charge < -0.3 is 14.2 Å². The van der Waals surface area contributed by atoms with E-state index in [-0.39, 0.29) is 11.6 Å². The number of ether oxygens (including phenoxy) is 3. The van der Waals surface area contributed by atoms with Crippen LogP contribution in [0.4, 0.5) is 0 Å². The summed E-state index contributed by atoms with van der Waals surface area (Å²) in [5, 5.41) is 0.546. The third-order valence-corrected chi connectivity index (χ3v) is 3.72. The summed E-state index contributed by atoms with van der Waals surface area (Å²) in [7, 11) is 1.56. The molecule has 6 heteroatoms. The number of nitrogens with zero attached hydrogens (tertiary/aromatic N) is 1. The maximum atomic E-state index is 12.1. The van der Waals surface area contributed by atoms with E-state index in [0.29, 0.717) is 28.7 Å². The summed E-state index contributed by atoms with van der Waals surface area (Å²) in [6, 6.07) is 12.4. The van der Waals surface area contributed by atoms with Crippen molar-refractivity contribution in [3.63, 3.8) is 0 Å². The fourth-order valence-electron chi connectivity index (χ4n) is 2.36. The zero-order valence-electron chi connectivity index (χ0n) is 13.8. The van der Waals surface area contributed by atoms with Crippen molar-refractivity contribution in [2.45, 2.75) is 6.92 Å². The highest BCUT2D eigenvalue weighted by molar-refractivity contribution is 6.31. The van der Waals surface area contributed by atoms with Gasteiger partial charge >= 0.3 is 5.97 Å². The van der Waals surface area contributed by atoms with Crippen molar-refractivity contribution in [3.05, 3.63) is 64.3 Å². The summed E-state index contributed by atoms with van der Waals surface area (Å²) in [5.41, 5.74) is 1.61. The Balaban J connectivity index is 1.91. The Morgan fingerprint density at radius 2 is 2.04 bits per heavy atom. The first kappa shape index (κ1) is 17.0. The van der Waals surface area contributed by atoms with Crippen LogP contribution in [0.3, 0.4) is 0 Å². The molecule has 1 heterocycles. The maximum absolute atomic E-state index is 12.1. The van der Waals surface area contributed by atoms with Crippen molar-refractivity contribution in [2.75, 3.05) is 13.7 Å². The van der Waals surface area contributed by atoms with Gasteiger partial charge in [0, 0.05) is 10.6 Å². The van der Waals surface area contributed by atoms with E-state index in [1.165, 1.54) is 0 Å². The largest absolute Gasteiger partial charge is 0.493 e. The normalized spacial score (nSPS) is 15.1. The molecule has 25 heavy (non-hydrogen) atoms. The van der Waals surface area contributed by atoms with Crippen molar-refractivity contribution in [2.24, 2.45) is 4.99 Å². The Morgan fingerprint density at radius 1 is 1.20 bits per heavy atom. The summed E-state index contributed by atoms with van der Waals surface area (Å²) in [6.45, 7) is 2.44. The molecule has 0 N–H and O–H groups in total. The van der Waals surface area contributed by atoms with Crippen molar-refractivity contribution in [1.82, 2.24) is 0 Å². The molecule has 0 aromatic heterocycles. The molecule has 0 aliphatic carbocycles. The fourth-order valence-corrected chi connectivity index (χ4v) is 2.55. The molecule has 0 atom stereocenters. The van der Waals surface area contributed by atoms with Crippen LogP contribution in [0.5, 0.6) is 11.5 Å². The van der Waals surface area contributed by atoms with Crippen LogP contribution in [0.25, 0.3) is 6.08 Å². The smallest absolute Gasteiger partial charge is 0.363 e. The molecular formula is C19H16ClNO4. The Morgan fingerprint density at radius 3 is 2.76 bits per heavy atom. The lowest BCUT2D eigenvalue weighted by Crippen LogP contribution is -2.05. The van der Waals surface area contributed by atoms with Gasteiger partial charge in [-0.25, -0.2) is 9.79 Å². The third kappa shape index (κ3) is 3.83. The number of aliphatic imine (C=N–C) groups is 1. The van der Waals surface area contributed by atoms with Gasteiger partial charge in [0.15, 0.2) is 17.2 Å². The van der Waals surface area contributed by atoms with Crippen molar-refractivity contribution < 1.29 is 19.0 Å². The van der Waals surface area contributed by atoms with Gasteiger partial charge in [0.1, 0.15) is 0 Å². The van der Waals surface area contributed by atoms with Gasteiger partial charge in [-0.2, -0.15) is 0 Å². The van der Waals surface area contributed by atoms with Crippen LogP contribution >= 0.6 is 11.6 Å². The molecule has 0 amide bonds. The molecule has 3 rings (SSSR count).